The number of hydrogen-bond donors (Lipinski definition) is 0. The fourth-order valence-electron chi connectivity index (χ4n) is 9.70. The molecule has 8 heteroatoms. The number of carbonyl (C=O) groups is 1. The number of fused-ring (bicyclic) bond motifs is 10. The van der Waals surface area contributed by atoms with Crippen LogP contribution in [0, 0.1) is 6.92 Å². The first-order valence-corrected chi connectivity index (χ1v) is 19.9. The number of rotatable bonds is 4. The van der Waals surface area contributed by atoms with Gasteiger partial charge in [0.05, 0.1) is 30.0 Å². The monoisotopic (exact) mass is 736 g/mol. The second-order valence-corrected chi connectivity index (χ2v) is 15.2. The summed E-state index contributed by atoms with van der Waals surface area (Å²) in [6.07, 6.45) is 13.4. The van der Waals surface area contributed by atoms with E-state index in [-0.39, 0.29) is 6.15 Å². The van der Waals surface area contributed by atoms with Gasteiger partial charge in [0, 0.05) is 33.5 Å². The van der Waals surface area contributed by atoms with Gasteiger partial charge in [0.1, 0.15) is 30.5 Å². The molecule has 0 unspecified atom stereocenters. The molecule has 282 valence electrons. The average Bonchev–Trinajstić information content (AvgIpc) is 3.53. The van der Waals surface area contributed by atoms with Crippen LogP contribution in [0.5, 0.6) is 17.2 Å². The van der Waals surface area contributed by atoms with Crippen LogP contribution in [0.4, 0.5) is 0 Å². The fourth-order valence-corrected chi connectivity index (χ4v) is 9.70. The van der Waals surface area contributed by atoms with E-state index in [1.54, 1.807) is 5.56 Å². The van der Waals surface area contributed by atoms with Crippen molar-refractivity contribution in [3.8, 4) is 39.8 Å². The van der Waals surface area contributed by atoms with E-state index in [2.05, 4.69) is 82.8 Å². The first-order chi connectivity index (χ1) is 27.1. The Morgan fingerprint density at radius 1 is 0.636 bits per heavy atom. The van der Waals surface area contributed by atoms with Crippen molar-refractivity contribution in [3.05, 3.63) is 102 Å². The van der Waals surface area contributed by atoms with Crippen molar-refractivity contribution in [2.45, 2.75) is 96.1 Å². The Hall–Kier alpha value is -5.59. The Morgan fingerprint density at radius 2 is 1.11 bits per heavy atom. The van der Waals surface area contributed by atoms with Crippen LogP contribution in [-0.4, -0.2) is 35.0 Å². The molecule has 0 N–H and O–H groups in total. The molecule has 0 bridgehead atoms. The smallest absolute Gasteiger partial charge is 0.373 e. The molecule has 0 amide bonds. The number of aryl methyl sites for hydroxylation is 1. The van der Waals surface area contributed by atoms with Gasteiger partial charge in [-0.2, -0.15) is 9.59 Å². The SMILES string of the molecule is Cc1ccc2c(C3CCCCC3)c3n(c2c1)CCOc1ccccc1-3.O=C=O.O=COc1ccc2c(C3CCCCC3)c3n(c2c1)CCOc1ccccc1-3. The van der Waals surface area contributed by atoms with Crippen molar-refractivity contribution in [2.75, 3.05) is 13.2 Å². The number of benzene rings is 4. The van der Waals surface area contributed by atoms with E-state index in [4.69, 9.17) is 23.8 Å². The molecule has 4 heterocycles. The van der Waals surface area contributed by atoms with Gasteiger partial charge in [0.15, 0.2) is 0 Å². The van der Waals surface area contributed by atoms with Crippen LogP contribution >= 0.6 is 0 Å². The average molecular weight is 737 g/mol. The Morgan fingerprint density at radius 3 is 1.62 bits per heavy atom. The number of nitrogens with zero attached hydrogens (tertiary/aromatic N) is 2. The number of ether oxygens (including phenoxy) is 3. The standard InChI is InChI=1S/C23H23NO3.C23H25NO.CO2/c25-15-27-17-10-11-18-20(14-17)24-12-13-26-21-9-5-4-8-19(21)23(24)22(18)16-6-2-1-3-7-16;1-16-11-12-18-20(15-16)24-13-14-25-21-10-6-5-9-19(21)23(24)22(18)17-7-3-2-4-8-17;2-1-3/h4-5,8-11,14-16H,1-3,6-7,12-13H2;5-6,9-12,15,17H,2-4,7-8,13-14H2,1H3;. The molecule has 4 aromatic carbocycles. The first-order valence-electron chi connectivity index (χ1n) is 19.9. The van der Waals surface area contributed by atoms with Crippen LogP contribution < -0.4 is 14.2 Å². The highest BCUT2D eigenvalue weighted by atomic mass is 16.5. The van der Waals surface area contributed by atoms with Crippen molar-refractivity contribution in [1.29, 1.82) is 0 Å². The summed E-state index contributed by atoms with van der Waals surface area (Å²) in [7, 11) is 0. The van der Waals surface area contributed by atoms with E-state index in [0.717, 1.165) is 36.7 Å². The Kier molecular flexibility index (Phi) is 10.9. The van der Waals surface area contributed by atoms with Gasteiger partial charge in [-0.1, -0.05) is 74.9 Å². The van der Waals surface area contributed by atoms with E-state index in [0.29, 0.717) is 30.7 Å². The van der Waals surface area contributed by atoms with E-state index in [9.17, 15) is 4.79 Å². The summed E-state index contributed by atoms with van der Waals surface area (Å²) >= 11 is 0. The molecule has 4 aliphatic rings. The Bertz CT molecular complexity index is 2350. The second kappa shape index (κ2) is 16.4. The molecule has 55 heavy (non-hydrogen) atoms. The minimum Gasteiger partial charge on any atom is -0.491 e. The van der Waals surface area contributed by atoms with Gasteiger partial charge < -0.3 is 23.3 Å². The van der Waals surface area contributed by atoms with Crippen molar-refractivity contribution in [2.24, 2.45) is 0 Å². The van der Waals surface area contributed by atoms with Crippen LogP contribution in [0.1, 0.15) is 92.7 Å². The molecule has 0 saturated heterocycles. The molecule has 0 atom stereocenters. The second-order valence-electron chi connectivity index (χ2n) is 15.2. The molecule has 0 radical (unpaired) electrons. The lowest BCUT2D eigenvalue weighted by atomic mass is 9.81. The van der Waals surface area contributed by atoms with Crippen LogP contribution in [0.25, 0.3) is 44.3 Å². The third-order valence-corrected chi connectivity index (χ3v) is 12.0. The first kappa shape index (κ1) is 36.4. The molecule has 2 aromatic heterocycles. The van der Waals surface area contributed by atoms with Gasteiger partial charge in [0.2, 0.25) is 0 Å². The molecule has 2 fully saturated rings. The maximum atomic E-state index is 10.8. The number of para-hydroxylation sites is 2. The van der Waals surface area contributed by atoms with E-state index in [1.807, 2.05) is 18.2 Å². The molecule has 0 spiro atoms. The van der Waals surface area contributed by atoms with Gasteiger partial charge in [-0.15, -0.1) is 0 Å². The quantitative estimate of drug-likeness (QED) is 0.167. The van der Waals surface area contributed by atoms with Gasteiger partial charge >= 0.3 is 6.15 Å². The zero-order valence-corrected chi connectivity index (χ0v) is 31.6. The molecule has 8 nitrogen and oxygen atoms in total. The fraction of sp³-hybridized carbons (Fsp3) is 0.362. The van der Waals surface area contributed by atoms with E-state index >= 15 is 0 Å². The molecule has 2 saturated carbocycles. The summed E-state index contributed by atoms with van der Waals surface area (Å²) < 4.78 is 22.2. The molecule has 10 rings (SSSR count). The van der Waals surface area contributed by atoms with Crippen molar-refractivity contribution in [3.63, 3.8) is 0 Å². The van der Waals surface area contributed by atoms with Crippen LogP contribution in [0.2, 0.25) is 0 Å². The zero-order valence-electron chi connectivity index (χ0n) is 31.6. The van der Waals surface area contributed by atoms with Gasteiger partial charge in [-0.25, -0.2) is 0 Å². The summed E-state index contributed by atoms with van der Waals surface area (Å²) in [6, 6.07) is 30.0. The molecule has 6 aromatic rings. The predicted molar refractivity (Wildman–Crippen MR) is 214 cm³/mol. The summed E-state index contributed by atoms with van der Waals surface area (Å²) in [5, 5.41) is 2.75. The molecule has 2 aliphatic carbocycles. The third kappa shape index (κ3) is 7.07. The summed E-state index contributed by atoms with van der Waals surface area (Å²) in [4.78, 5) is 27.1. The van der Waals surface area contributed by atoms with Crippen molar-refractivity contribution < 1.29 is 28.6 Å². The van der Waals surface area contributed by atoms with Crippen LogP contribution in [0.15, 0.2) is 84.9 Å². The topological polar surface area (TPSA) is 88.8 Å². The minimum absolute atomic E-state index is 0.250. The van der Waals surface area contributed by atoms with E-state index in [1.165, 1.54) is 114 Å². The lowest BCUT2D eigenvalue weighted by molar-refractivity contribution is -0.191. The highest BCUT2D eigenvalue weighted by molar-refractivity contribution is 5.95. The summed E-state index contributed by atoms with van der Waals surface area (Å²) in [5.74, 6) is 3.84. The maximum Gasteiger partial charge on any atom is 0.373 e. The summed E-state index contributed by atoms with van der Waals surface area (Å²) in [6.45, 7) is 5.78. The zero-order chi connectivity index (χ0) is 37.7. The van der Waals surface area contributed by atoms with Crippen LogP contribution in [0.3, 0.4) is 0 Å². The normalized spacial score (nSPS) is 16.5. The number of hydrogen-bond acceptors (Lipinski definition) is 6. The van der Waals surface area contributed by atoms with Gasteiger partial charge in [-0.05, 0) is 104 Å². The molecular formula is C47H48N2O6. The predicted octanol–water partition coefficient (Wildman–Crippen LogP) is 10.8. The van der Waals surface area contributed by atoms with E-state index < -0.39 is 0 Å². The highest BCUT2D eigenvalue weighted by Gasteiger charge is 2.30. The van der Waals surface area contributed by atoms with Crippen LogP contribution in [-0.2, 0) is 27.5 Å². The Labute approximate surface area is 322 Å². The molecule has 2 aliphatic heterocycles. The molecular weight excluding hydrogens is 689 g/mol. The summed E-state index contributed by atoms with van der Waals surface area (Å²) in [5.41, 5.74) is 12.0. The largest absolute Gasteiger partial charge is 0.491 e. The van der Waals surface area contributed by atoms with Crippen molar-refractivity contribution in [1.82, 2.24) is 9.13 Å². The highest BCUT2D eigenvalue weighted by Crippen LogP contribution is 2.49. The number of carbonyl (C=O) groups excluding carboxylic acids is 3. The number of aromatic nitrogens is 2. The van der Waals surface area contributed by atoms with Crippen molar-refractivity contribution >= 4 is 34.4 Å². The minimum atomic E-state index is 0.250. The van der Waals surface area contributed by atoms with Gasteiger partial charge in [-0.3, -0.25) is 4.79 Å². The lowest BCUT2D eigenvalue weighted by Crippen LogP contribution is -2.07. The maximum absolute atomic E-state index is 10.8. The lowest BCUT2D eigenvalue weighted by Gasteiger charge is -2.23. The third-order valence-electron chi connectivity index (χ3n) is 12.0. The Balaban J connectivity index is 0.000000146. The van der Waals surface area contributed by atoms with Gasteiger partial charge in [0.25, 0.3) is 6.47 Å².